The number of likely N-dealkylation sites (tertiary alicyclic amines) is 1. The lowest BCUT2D eigenvalue weighted by atomic mass is 9.46. The first-order valence-electron chi connectivity index (χ1n) is 14.5. The van der Waals surface area contributed by atoms with E-state index in [1.165, 1.54) is 29.5 Å². The number of likely N-dealkylation sites (N-methyl/N-ethyl adjacent to an activating group) is 1. The van der Waals surface area contributed by atoms with Gasteiger partial charge in [0.05, 0.1) is 17.1 Å². The summed E-state index contributed by atoms with van der Waals surface area (Å²) in [7, 11) is 1.91. The second-order valence-corrected chi connectivity index (χ2v) is 13.0. The Morgan fingerprint density at radius 1 is 1.24 bits per heavy atom. The van der Waals surface area contributed by atoms with E-state index >= 15 is 0 Å². The maximum absolute atomic E-state index is 13.6. The van der Waals surface area contributed by atoms with Gasteiger partial charge in [-0.2, -0.15) is 0 Å². The number of piperidine rings is 1. The number of benzene rings is 2. The molecule has 3 fully saturated rings. The van der Waals surface area contributed by atoms with Crippen LogP contribution in [0.25, 0.3) is 0 Å². The molecule has 6 heteroatoms. The lowest BCUT2D eigenvalue weighted by molar-refractivity contribution is -0.212. The SMILES string of the molecule is Cc1cccc(CCC(=O)N(C)C2C(C)C[C@@]3(O)[C@H]4Cc5ccc(O)c6c5[C@@]3(CCN4CC3CC3)C2O6)c1. The van der Waals surface area contributed by atoms with Gasteiger partial charge in [-0.05, 0) is 81.0 Å². The molecule has 6 nitrogen and oxygen atoms in total. The van der Waals surface area contributed by atoms with E-state index < -0.39 is 11.0 Å². The molecule has 7 rings (SSSR count). The number of carbonyl (C=O) groups is 1. The number of phenolic OH excluding ortho intramolecular Hbond substituents is 1. The van der Waals surface area contributed by atoms with Crippen molar-refractivity contribution in [2.45, 2.75) is 88.0 Å². The minimum absolute atomic E-state index is 0.0386. The number of amides is 1. The van der Waals surface area contributed by atoms with Crippen LogP contribution in [0, 0.1) is 18.8 Å². The summed E-state index contributed by atoms with van der Waals surface area (Å²) in [5.41, 5.74) is 3.03. The monoisotopic (exact) mass is 516 g/mol. The maximum Gasteiger partial charge on any atom is 0.223 e. The topological polar surface area (TPSA) is 73.2 Å². The van der Waals surface area contributed by atoms with Gasteiger partial charge in [0.2, 0.25) is 5.91 Å². The minimum atomic E-state index is -0.946. The molecule has 2 saturated carbocycles. The van der Waals surface area contributed by atoms with Crippen LogP contribution < -0.4 is 4.74 Å². The highest BCUT2D eigenvalue weighted by molar-refractivity contribution is 5.77. The first kappa shape index (κ1) is 24.5. The highest BCUT2D eigenvalue weighted by Crippen LogP contribution is 2.66. The smallest absolute Gasteiger partial charge is 0.223 e. The van der Waals surface area contributed by atoms with Crippen molar-refractivity contribution in [1.82, 2.24) is 9.80 Å². The third kappa shape index (κ3) is 3.35. The van der Waals surface area contributed by atoms with Crippen LogP contribution in [0.3, 0.4) is 0 Å². The Morgan fingerprint density at radius 3 is 2.82 bits per heavy atom. The summed E-state index contributed by atoms with van der Waals surface area (Å²) in [6, 6.07) is 12.0. The molecule has 6 atom stereocenters. The Bertz CT molecular complexity index is 1290. The highest BCUT2D eigenvalue weighted by Gasteiger charge is 2.74. The van der Waals surface area contributed by atoms with Crippen LogP contribution in [0.2, 0.25) is 0 Å². The number of nitrogens with zero attached hydrogens (tertiary/aromatic N) is 2. The number of aliphatic hydroxyl groups is 1. The number of aromatic hydroxyl groups is 1. The molecule has 1 spiro atoms. The number of rotatable bonds is 6. The standard InChI is InChI=1S/C32H40N2O4/c1-19-5-4-6-21(15-19)9-12-26(36)33(3)28-20(2)17-32(37)25-16-23-10-11-24(35)29-27(23)31(32,30(28)38-29)13-14-34(25)18-22-7-8-22/h4-6,10-11,15,20,22,25,28,30,35,37H,7-9,12-14,16-18H2,1-3H3/t20?,25-,28?,30?,31+,32-/m1/s1. The Morgan fingerprint density at radius 2 is 2.05 bits per heavy atom. The fourth-order valence-corrected chi connectivity index (χ4v) is 8.78. The van der Waals surface area contributed by atoms with Crippen LogP contribution in [-0.4, -0.2) is 69.8 Å². The second kappa shape index (κ2) is 8.46. The van der Waals surface area contributed by atoms with Crippen molar-refractivity contribution in [1.29, 1.82) is 0 Å². The predicted molar refractivity (Wildman–Crippen MR) is 145 cm³/mol. The third-order valence-electron chi connectivity index (χ3n) is 10.6. The maximum atomic E-state index is 13.6. The van der Waals surface area contributed by atoms with Crippen molar-refractivity contribution >= 4 is 5.91 Å². The summed E-state index contributed by atoms with van der Waals surface area (Å²) in [5, 5.41) is 23.7. The van der Waals surface area contributed by atoms with Crippen LogP contribution in [0.1, 0.15) is 61.3 Å². The van der Waals surface area contributed by atoms with Gasteiger partial charge >= 0.3 is 0 Å². The molecule has 5 aliphatic rings. The zero-order valence-corrected chi connectivity index (χ0v) is 22.8. The van der Waals surface area contributed by atoms with E-state index in [1.807, 2.05) is 24.1 Å². The quantitative estimate of drug-likeness (QED) is 0.608. The number of phenols is 1. The summed E-state index contributed by atoms with van der Waals surface area (Å²) in [5.74, 6) is 1.61. The Hall–Kier alpha value is -2.57. The van der Waals surface area contributed by atoms with Gasteiger partial charge in [-0.15, -0.1) is 0 Å². The van der Waals surface area contributed by atoms with Gasteiger partial charge in [-0.3, -0.25) is 9.69 Å². The average molecular weight is 517 g/mol. The van der Waals surface area contributed by atoms with E-state index in [-0.39, 0.29) is 35.8 Å². The molecule has 202 valence electrons. The molecule has 2 aromatic rings. The Labute approximate surface area is 225 Å². The van der Waals surface area contributed by atoms with Crippen molar-refractivity contribution in [3.8, 4) is 11.5 Å². The molecule has 3 aliphatic carbocycles. The van der Waals surface area contributed by atoms with Crippen LogP contribution in [0.4, 0.5) is 0 Å². The largest absolute Gasteiger partial charge is 0.504 e. The Kier molecular flexibility index (Phi) is 5.45. The van der Waals surface area contributed by atoms with Crippen LogP contribution in [0.15, 0.2) is 36.4 Å². The van der Waals surface area contributed by atoms with Gasteiger partial charge in [0.25, 0.3) is 0 Å². The van der Waals surface area contributed by atoms with Gasteiger partial charge in [-0.25, -0.2) is 0 Å². The van der Waals surface area contributed by atoms with E-state index in [0.717, 1.165) is 37.4 Å². The molecular weight excluding hydrogens is 476 g/mol. The van der Waals surface area contributed by atoms with E-state index in [4.69, 9.17) is 4.74 Å². The number of hydrogen-bond acceptors (Lipinski definition) is 5. The van der Waals surface area contributed by atoms with E-state index in [0.29, 0.717) is 25.0 Å². The molecule has 1 amide bonds. The van der Waals surface area contributed by atoms with Crippen LogP contribution in [-0.2, 0) is 23.1 Å². The zero-order chi connectivity index (χ0) is 26.4. The second-order valence-electron chi connectivity index (χ2n) is 13.0. The fraction of sp³-hybridized carbons (Fsp3) is 0.594. The molecular formula is C32H40N2O4. The van der Waals surface area contributed by atoms with E-state index in [1.54, 1.807) is 6.07 Å². The Balaban J connectivity index is 1.24. The lowest BCUT2D eigenvalue weighted by Crippen LogP contribution is -2.79. The molecule has 2 N–H and O–H groups in total. The first-order valence-corrected chi connectivity index (χ1v) is 14.5. The van der Waals surface area contributed by atoms with E-state index in [2.05, 4.69) is 36.9 Å². The number of carbonyl (C=O) groups excluding carboxylic acids is 1. The number of ether oxygens (including phenoxy) is 1. The molecule has 38 heavy (non-hydrogen) atoms. The zero-order valence-electron chi connectivity index (χ0n) is 22.8. The molecule has 3 unspecified atom stereocenters. The van der Waals surface area contributed by atoms with Crippen LogP contribution in [0.5, 0.6) is 11.5 Å². The molecule has 0 radical (unpaired) electrons. The van der Waals surface area contributed by atoms with Gasteiger partial charge in [0.1, 0.15) is 6.10 Å². The van der Waals surface area contributed by atoms with Crippen molar-refractivity contribution in [2.24, 2.45) is 11.8 Å². The van der Waals surface area contributed by atoms with Gasteiger partial charge < -0.3 is 19.8 Å². The minimum Gasteiger partial charge on any atom is -0.504 e. The molecule has 2 aromatic carbocycles. The van der Waals surface area contributed by atoms with Gasteiger partial charge in [0, 0.05) is 31.6 Å². The molecule has 2 heterocycles. The van der Waals surface area contributed by atoms with Gasteiger partial charge in [-0.1, -0.05) is 42.8 Å². The summed E-state index contributed by atoms with van der Waals surface area (Å²) in [6.45, 7) is 6.23. The number of aryl methyl sites for hydroxylation is 2. The average Bonchev–Trinajstić information content (AvgIpc) is 3.62. The summed E-state index contributed by atoms with van der Waals surface area (Å²) >= 11 is 0. The first-order chi connectivity index (χ1) is 18.2. The normalized spacial score (nSPS) is 34.9. The molecule has 2 aliphatic heterocycles. The predicted octanol–water partition coefficient (Wildman–Crippen LogP) is 3.97. The van der Waals surface area contributed by atoms with Crippen molar-refractivity contribution in [2.75, 3.05) is 20.1 Å². The number of hydrogen-bond donors (Lipinski definition) is 2. The van der Waals surface area contributed by atoms with Crippen LogP contribution >= 0.6 is 0 Å². The molecule has 2 bridgehead atoms. The molecule has 1 saturated heterocycles. The lowest BCUT2D eigenvalue weighted by Gasteiger charge is -2.66. The van der Waals surface area contributed by atoms with Crippen molar-refractivity contribution < 1.29 is 19.7 Å². The molecule has 0 aromatic heterocycles. The summed E-state index contributed by atoms with van der Waals surface area (Å²) in [6.07, 6.45) is 5.55. The fourth-order valence-electron chi connectivity index (χ4n) is 8.78. The van der Waals surface area contributed by atoms with E-state index in [9.17, 15) is 15.0 Å². The summed E-state index contributed by atoms with van der Waals surface area (Å²) < 4.78 is 6.71. The van der Waals surface area contributed by atoms with Crippen molar-refractivity contribution in [3.05, 3.63) is 58.7 Å². The summed E-state index contributed by atoms with van der Waals surface area (Å²) in [4.78, 5) is 18.1. The van der Waals surface area contributed by atoms with Crippen molar-refractivity contribution in [3.63, 3.8) is 0 Å². The van der Waals surface area contributed by atoms with Gasteiger partial charge in [0.15, 0.2) is 11.5 Å². The highest BCUT2D eigenvalue weighted by atomic mass is 16.5. The third-order valence-corrected chi connectivity index (χ3v) is 10.6.